The summed E-state index contributed by atoms with van der Waals surface area (Å²) in [5.74, 6) is 0. The molecule has 9 aromatic rings. The smallest absolute Gasteiger partial charge is 0.145 e. The Labute approximate surface area is 291 Å². The molecule has 0 atom stereocenters. The van der Waals surface area contributed by atoms with Crippen molar-refractivity contribution in [1.29, 1.82) is 0 Å². The molecule has 0 radical (unpaired) electrons. The molecule has 0 amide bonds. The van der Waals surface area contributed by atoms with Gasteiger partial charge in [0.1, 0.15) is 11.3 Å². The Morgan fingerprint density at radius 2 is 0.980 bits per heavy atom. The highest BCUT2D eigenvalue weighted by molar-refractivity contribution is 6.19. The lowest BCUT2D eigenvalue weighted by Crippen LogP contribution is -2.44. The van der Waals surface area contributed by atoms with Crippen molar-refractivity contribution in [1.82, 2.24) is 18.8 Å². The Morgan fingerprint density at radius 3 is 1.58 bits per heavy atom. The number of para-hydroxylation sites is 2. The zero-order valence-electron chi connectivity index (χ0n) is 30.0. The van der Waals surface area contributed by atoms with Crippen LogP contribution in [0.3, 0.4) is 0 Å². The first-order chi connectivity index (χ1) is 23.8. The summed E-state index contributed by atoms with van der Waals surface area (Å²) in [4.78, 5) is 10.3. The summed E-state index contributed by atoms with van der Waals surface area (Å²) in [6, 6.07) is 32.3. The van der Waals surface area contributed by atoms with Gasteiger partial charge in [0.15, 0.2) is 0 Å². The van der Waals surface area contributed by atoms with Crippen LogP contribution in [0.2, 0.25) is 0 Å². The van der Waals surface area contributed by atoms with Gasteiger partial charge in [-0.25, -0.2) is 9.97 Å². The van der Waals surface area contributed by atoms with E-state index in [1.54, 1.807) is 0 Å². The van der Waals surface area contributed by atoms with Crippen molar-refractivity contribution in [2.75, 3.05) is 0 Å². The Hall–Kier alpha value is -5.22. The highest BCUT2D eigenvalue weighted by Gasteiger charge is 2.47. The molecule has 11 rings (SSSR count). The zero-order chi connectivity index (χ0) is 34.3. The first-order valence-electron chi connectivity index (χ1n) is 18.0. The number of rotatable bonds is 1. The number of fused-ring (bicyclic) bond motifs is 7. The lowest BCUT2D eigenvalue weighted by atomic mass is 9.61. The van der Waals surface area contributed by atoms with E-state index in [-0.39, 0.29) is 21.7 Å². The standard InChI is InChI=1S/C46H40N4/c1-43(2)35-16-10-14-29-28-19-18-26(21-33(28)41-47-23-37(45(43,5)6)49(41)39(29)35)27-13-9-12-25-20-32-30-15-11-17-36-40(30)50-38(46(7,8)44(36,3)4)24-48-42(50)34(32)22-31(25)27/h9-24H,1-8H3. The molecule has 0 spiro atoms. The predicted octanol–water partition coefficient (Wildman–Crippen LogP) is 11.6. The van der Waals surface area contributed by atoms with E-state index in [2.05, 4.69) is 162 Å². The van der Waals surface area contributed by atoms with Gasteiger partial charge in [-0.15, -0.1) is 0 Å². The fraction of sp³-hybridized carbons (Fsp3) is 0.261. The summed E-state index contributed by atoms with van der Waals surface area (Å²) in [5.41, 5.74) is 12.2. The summed E-state index contributed by atoms with van der Waals surface area (Å²) in [5, 5.41) is 9.97. The lowest BCUT2D eigenvalue weighted by molar-refractivity contribution is 0.288. The Kier molecular flexibility index (Phi) is 4.89. The topological polar surface area (TPSA) is 34.6 Å². The van der Waals surface area contributed by atoms with Crippen molar-refractivity contribution in [3.05, 3.63) is 120 Å². The van der Waals surface area contributed by atoms with Crippen LogP contribution >= 0.6 is 0 Å². The van der Waals surface area contributed by atoms with E-state index < -0.39 is 0 Å². The van der Waals surface area contributed by atoms with Crippen molar-refractivity contribution in [3.63, 3.8) is 0 Å². The zero-order valence-corrected chi connectivity index (χ0v) is 30.0. The third-order valence-corrected chi connectivity index (χ3v) is 14.2. The van der Waals surface area contributed by atoms with E-state index in [0.29, 0.717) is 0 Å². The average Bonchev–Trinajstić information content (AvgIpc) is 3.76. The molecular weight excluding hydrogens is 609 g/mol. The van der Waals surface area contributed by atoms with Crippen LogP contribution in [0.5, 0.6) is 0 Å². The molecule has 0 N–H and O–H groups in total. The highest BCUT2D eigenvalue weighted by atomic mass is 15.1. The monoisotopic (exact) mass is 648 g/mol. The van der Waals surface area contributed by atoms with Crippen LogP contribution in [0.15, 0.2) is 97.3 Å². The molecule has 5 aromatic carbocycles. The molecule has 6 heterocycles. The molecule has 0 fully saturated rings. The van der Waals surface area contributed by atoms with Gasteiger partial charge in [-0.3, -0.25) is 8.80 Å². The molecule has 0 saturated heterocycles. The molecule has 2 aliphatic heterocycles. The minimum atomic E-state index is -0.0805. The Morgan fingerprint density at radius 1 is 0.440 bits per heavy atom. The fourth-order valence-electron chi connectivity index (χ4n) is 9.86. The molecule has 0 saturated carbocycles. The van der Waals surface area contributed by atoms with Crippen LogP contribution in [-0.4, -0.2) is 18.8 Å². The maximum atomic E-state index is 5.16. The first-order valence-corrected chi connectivity index (χ1v) is 18.0. The van der Waals surface area contributed by atoms with Crippen LogP contribution in [0.25, 0.3) is 76.5 Å². The predicted molar refractivity (Wildman–Crippen MR) is 209 cm³/mol. The molecule has 50 heavy (non-hydrogen) atoms. The van der Waals surface area contributed by atoms with Gasteiger partial charge in [0, 0.05) is 67.0 Å². The van der Waals surface area contributed by atoms with E-state index in [1.807, 2.05) is 0 Å². The van der Waals surface area contributed by atoms with Gasteiger partial charge in [0.05, 0.1) is 11.0 Å². The van der Waals surface area contributed by atoms with E-state index in [9.17, 15) is 0 Å². The lowest BCUT2D eigenvalue weighted by Gasteiger charge is -2.45. The van der Waals surface area contributed by atoms with Gasteiger partial charge in [0.2, 0.25) is 0 Å². The highest BCUT2D eigenvalue weighted by Crippen LogP contribution is 2.53. The summed E-state index contributed by atoms with van der Waals surface area (Å²) >= 11 is 0. The third kappa shape index (κ3) is 3.00. The van der Waals surface area contributed by atoms with Crippen molar-refractivity contribution < 1.29 is 0 Å². The second-order valence-corrected chi connectivity index (χ2v) is 17.2. The third-order valence-electron chi connectivity index (χ3n) is 14.2. The van der Waals surface area contributed by atoms with Gasteiger partial charge in [-0.1, -0.05) is 122 Å². The van der Waals surface area contributed by atoms with E-state index in [0.717, 1.165) is 11.3 Å². The second-order valence-electron chi connectivity index (χ2n) is 17.2. The van der Waals surface area contributed by atoms with Crippen molar-refractivity contribution in [2.45, 2.75) is 77.0 Å². The van der Waals surface area contributed by atoms with Gasteiger partial charge < -0.3 is 0 Å². The van der Waals surface area contributed by atoms with Crippen LogP contribution < -0.4 is 0 Å². The van der Waals surface area contributed by atoms with Crippen LogP contribution in [-0.2, 0) is 21.7 Å². The van der Waals surface area contributed by atoms with E-state index in [4.69, 9.17) is 9.97 Å². The minimum absolute atomic E-state index is 0.0344. The maximum Gasteiger partial charge on any atom is 0.145 e. The summed E-state index contributed by atoms with van der Waals surface area (Å²) in [7, 11) is 0. The fourth-order valence-corrected chi connectivity index (χ4v) is 9.86. The van der Waals surface area contributed by atoms with Gasteiger partial charge >= 0.3 is 0 Å². The van der Waals surface area contributed by atoms with Crippen LogP contribution in [0.4, 0.5) is 0 Å². The molecule has 0 aliphatic carbocycles. The molecule has 0 bridgehead atoms. The molecular formula is C46H40N4. The summed E-state index contributed by atoms with van der Waals surface area (Å²) < 4.78 is 4.92. The summed E-state index contributed by atoms with van der Waals surface area (Å²) in [6.45, 7) is 19.0. The number of benzene rings is 5. The molecule has 4 aromatic heterocycles. The maximum absolute atomic E-state index is 5.16. The normalized spacial score (nSPS) is 18.2. The molecule has 244 valence electrons. The molecule has 4 heteroatoms. The molecule has 4 nitrogen and oxygen atoms in total. The van der Waals surface area contributed by atoms with Gasteiger partial charge in [-0.2, -0.15) is 0 Å². The van der Waals surface area contributed by atoms with Crippen molar-refractivity contribution >= 4 is 65.4 Å². The van der Waals surface area contributed by atoms with Crippen LogP contribution in [0.1, 0.15) is 77.9 Å². The van der Waals surface area contributed by atoms with Crippen molar-refractivity contribution in [3.8, 4) is 11.1 Å². The van der Waals surface area contributed by atoms with E-state index >= 15 is 0 Å². The number of imidazole rings is 2. The minimum Gasteiger partial charge on any atom is -0.295 e. The number of hydrogen-bond donors (Lipinski definition) is 0. The average molecular weight is 649 g/mol. The number of aromatic nitrogens is 4. The van der Waals surface area contributed by atoms with Crippen molar-refractivity contribution in [2.24, 2.45) is 0 Å². The number of nitrogens with zero attached hydrogens (tertiary/aromatic N) is 4. The quantitative estimate of drug-likeness (QED) is 0.131. The SMILES string of the molecule is CC1(C)c2cccc3c4ccc(-c5cccc6cc7c(cc56)c5ncc6n5c5c(cccc75)C(C)(C)C6(C)C)cc4c4ncc(n4c23)C1(C)C. The number of pyridine rings is 2. The van der Waals surface area contributed by atoms with Gasteiger partial charge in [0.25, 0.3) is 0 Å². The largest absolute Gasteiger partial charge is 0.295 e. The van der Waals surface area contributed by atoms with E-state index in [1.165, 1.54) is 87.8 Å². The Balaban J connectivity index is 1.22. The van der Waals surface area contributed by atoms with Crippen LogP contribution in [0, 0.1) is 0 Å². The first kappa shape index (κ1) is 28.6. The van der Waals surface area contributed by atoms with Gasteiger partial charge in [-0.05, 0) is 62.0 Å². The molecule has 2 aliphatic rings. The summed E-state index contributed by atoms with van der Waals surface area (Å²) in [6.07, 6.45) is 4.25. The molecule has 0 unspecified atom stereocenters. The second kappa shape index (κ2) is 8.55. The number of hydrogen-bond acceptors (Lipinski definition) is 2. The Bertz CT molecular complexity index is 3040.